The van der Waals surface area contributed by atoms with Gasteiger partial charge in [0.25, 0.3) is 0 Å². The molecule has 5 heterocycles. The van der Waals surface area contributed by atoms with Crippen LogP contribution in [0.2, 0.25) is 0 Å². The highest BCUT2D eigenvalue weighted by Gasteiger charge is 2.15. The van der Waals surface area contributed by atoms with Gasteiger partial charge in [0.05, 0.1) is 36.3 Å². The summed E-state index contributed by atoms with van der Waals surface area (Å²) in [5.41, 5.74) is 9.49. The van der Waals surface area contributed by atoms with E-state index in [1.807, 2.05) is 42.5 Å². The number of nitrogens with one attached hydrogen (secondary N) is 2. The number of hydrogen-bond acceptors (Lipinski definition) is 11. The lowest BCUT2D eigenvalue weighted by molar-refractivity contribution is 0.0322. The maximum Gasteiger partial charge on any atom is 0.229 e. The number of nitrogens with two attached hydrogens (primary N) is 1. The van der Waals surface area contributed by atoms with E-state index in [1.165, 1.54) is 0 Å². The Balaban J connectivity index is 1.20. The summed E-state index contributed by atoms with van der Waals surface area (Å²) in [6, 6.07) is 13.7. The Labute approximate surface area is 227 Å². The highest BCUT2D eigenvalue weighted by Crippen LogP contribution is 2.31. The SMILES string of the molecule is Nc1nc(Nc2ccc(N3CCNCC3)nc2)nc2c(-c3cc(OCCN4CCOCC4)ccn3)cccc12. The molecular formula is C28H33N9O2. The molecule has 0 radical (unpaired) electrons. The van der Waals surface area contributed by atoms with E-state index in [2.05, 4.69) is 35.4 Å². The molecule has 2 saturated heterocycles. The summed E-state index contributed by atoms with van der Waals surface area (Å²) < 4.78 is 11.5. The van der Waals surface area contributed by atoms with Crippen LogP contribution in [0.15, 0.2) is 54.9 Å². The lowest BCUT2D eigenvalue weighted by Crippen LogP contribution is -2.43. The van der Waals surface area contributed by atoms with Crippen molar-refractivity contribution >= 4 is 34.2 Å². The average Bonchev–Trinajstić information content (AvgIpc) is 2.99. The predicted molar refractivity (Wildman–Crippen MR) is 153 cm³/mol. The lowest BCUT2D eigenvalue weighted by Gasteiger charge is -2.28. The normalized spacial score (nSPS) is 16.4. The second kappa shape index (κ2) is 11.8. The number of fused-ring (bicyclic) bond motifs is 1. The first-order valence-corrected chi connectivity index (χ1v) is 13.4. The van der Waals surface area contributed by atoms with Crippen molar-refractivity contribution in [2.24, 2.45) is 0 Å². The molecular weight excluding hydrogens is 494 g/mol. The molecule has 4 N–H and O–H groups in total. The number of nitrogens with zero attached hydrogens (tertiary/aromatic N) is 6. The number of aromatic nitrogens is 4. The summed E-state index contributed by atoms with van der Waals surface area (Å²) in [5, 5.41) is 7.39. The number of rotatable bonds is 8. The zero-order valence-electron chi connectivity index (χ0n) is 21.8. The summed E-state index contributed by atoms with van der Waals surface area (Å²) in [6.07, 6.45) is 3.56. The third-order valence-corrected chi connectivity index (χ3v) is 6.99. The monoisotopic (exact) mass is 527 g/mol. The number of anilines is 4. The van der Waals surface area contributed by atoms with Crippen molar-refractivity contribution in [3.05, 3.63) is 54.9 Å². The number of hydrogen-bond donors (Lipinski definition) is 3. The Morgan fingerprint density at radius 1 is 1.00 bits per heavy atom. The van der Waals surface area contributed by atoms with Gasteiger partial charge in [-0.15, -0.1) is 0 Å². The predicted octanol–water partition coefficient (Wildman–Crippen LogP) is 2.53. The molecule has 11 nitrogen and oxygen atoms in total. The summed E-state index contributed by atoms with van der Waals surface area (Å²) in [5.74, 6) is 2.53. The second-order valence-electron chi connectivity index (χ2n) is 9.58. The number of para-hydroxylation sites is 1. The first kappa shape index (κ1) is 25.2. The molecule has 0 saturated carbocycles. The molecule has 11 heteroatoms. The van der Waals surface area contributed by atoms with Crippen LogP contribution in [0.4, 0.5) is 23.3 Å². The standard InChI is InChI=1S/C28H33N9O2/c29-27-23-3-1-2-22(24-18-21(6-7-31-24)39-17-14-36-12-15-38-16-13-36)26(23)34-28(35-27)33-20-4-5-25(32-19-20)37-10-8-30-9-11-37/h1-7,18-19,30H,8-17H2,(H3,29,33,34,35). The number of morpholine rings is 1. The smallest absolute Gasteiger partial charge is 0.229 e. The van der Waals surface area contributed by atoms with Crippen molar-refractivity contribution in [1.29, 1.82) is 0 Å². The molecule has 6 rings (SSSR count). The van der Waals surface area contributed by atoms with Gasteiger partial charge in [-0.1, -0.05) is 12.1 Å². The third-order valence-electron chi connectivity index (χ3n) is 6.99. The van der Waals surface area contributed by atoms with Crippen LogP contribution in [0.5, 0.6) is 5.75 Å². The van der Waals surface area contributed by atoms with E-state index >= 15 is 0 Å². The zero-order valence-corrected chi connectivity index (χ0v) is 21.8. The Hall–Kier alpha value is -4.06. The maximum absolute atomic E-state index is 6.37. The van der Waals surface area contributed by atoms with E-state index in [-0.39, 0.29) is 0 Å². The first-order chi connectivity index (χ1) is 19.2. The summed E-state index contributed by atoms with van der Waals surface area (Å²) in [7, 11) is 0. The van der Waals surface area contributed by atoms with Gasteiger partial charge in [-0.05, 0) is 24.3 Å². The molecule has 202 valence electrons. The van der Waals surface area contributed by atoms with Crippen molar-refractivity contribution in [3.63, 3.8) is 0 Å². The van der Waals surface area contributed by atoms with E-state index in [1.54, 1.807) is 12.4 Å². The molecule has 2 fully saturated rings. The summed E-state index contributed by atoms with van der Waals surface area (Å²) >= 11 is 0. The van der Waals surface area contributed by atoms with Crippen molar-refractivity contribution in [2.75, 3.05) is 81.6 Å². The van der Waals surface area contributed by atoms with Crippen LogP contribution in [0.1, 0.15) is 0 Å². The first-order valence-electron chi connectivity index (χ1n) is 13.4. The quantitative estimate of drug-likeness (QED) is 0.313. The average molecular weight is 528 g/mol. The summed E-state index contributed by atoms with van der Waals surface area (Å²) in [6.45, 7) is 8.72. The van der Waals surface area contributed by atoms with Gasteiger partial charge < -0.3 is 30.7 Å². The molecule has 0 atom stereocenters. The largest absolute Gasteiger partial charge is 0.492 e. The number of benzene rings is 1. The van der Waals surface area contributed by atoms with Gasteiger partial charge in [0.15, 0.2) is 0 Å². The Kier molecular flexibility index (Phi) is 7.61. The second-order valence-corrected chi connectivity index (χ2v) is 9.58. The molecule has 0 bridgehead atoms. The van der Waals surface area contributed by atoms with Crippen molar-refractivity contribution < 1.29 is 9.47 Å². The fourth-order valence-electron chi connectivity index (χ4n) is 4.87. The van der Waals surface area contributed by atoms with Crippen LogP contribution in [0.25, 0.3) is 22.2 Å². The Bertz CT molecular complexity index is 1400. The number of piperazine rings is 1. The van der Waals surface area contributed by atoms with E-state index in [0.717, 1.165) is 98.4 Å². The highest BCUT2D eigenvalue weighted by molar-refractivity contribution is 5.98. The molecule has 0 amide bonds. The summed E-state index contributed by atoms with van der Waals surface area (Å²) in [4.78, 5) is 23.2. The third kappa shape index (κ3) is 6.00. The minimum Gasteiger partial charge on any atom is -0.492 e. The molecule has 2 aliphatic heterocycles. The van der Waals surface area contributed by atoms with Crippen LogP contribution in [0, 0.1) is 0 Å². The molecule has 0 spiro atoms. The minimum atomic E-state index is 0.396. The molecule has 4 aromatic rings. The van der Waals surface area contributed by atoms with Gasteiger partial charge in [-0.2, -0.15) is 4.98 Å². The van der Waals surface area contributed by atoms with Gasteiger partial charge in [0.1, 0.15) is 24.0 Å². The molecule has 1 aromatic carbocycles. The number of ether oxygens (including phenoxy) is 2. The molecule has 0 aliphatic carbocycles. The van der Waals surface area contributed by atoms with Gasteiger partial charge in [-0.3, -0.25) is 9.88 Å². The van der Waals surface area contributed by atoms with Gasteiger partial charge in [0.2, 0.25) is 5.95 Å². The van der Waals surface area contributed by atoms with Crippen LogP contribution in [-0.4, -0.2) is 90.5 Å². The minimum absolute atomic E-state index is 0.396. The Morgan fingerprint density at radius 3 is 2.69 bits per heavy atom. The van der Waals surface area contributed by atoms with Crippen LogP contribution in [-0.2, 0) is 4.74 Å². The van der Waals surface area contributed by atoms with Crippen LogP contribution >= 0.6 is 0 Å². The fraction of sp³-hybridized carbons (Fsp3) is 0.357. The van der Waals surface area contributed by atoms with Crippen LogP contribution in [0.3, 0.4) is 0 Å². The van der Waals surface area contributed by atoms with E-state index in [0.29, 0.717) is 18.4 Å². The van der Waals surface area contributed by atoms with Crippen LogP contribution < -0.4 is 26.0 Å². The highest BCUT2D eigenvalue weighted by atomic mass is 16.5. The fourth-order valence-corrected chi connectivity index (χ4v) is 4.87. The van der Waals surface area contributed by atoms with Gasteiger partial charge in [-0.25, -0.2) is 9.97 Å². The van der Waals surface area contributed by atoms with E-state index < -0.39 is 0 Å². The molecule has 2 aliphatic rings. The molecule has 0 unspecified atom stereocenters. The van der Waals surface area contributed by atoms with E-state index in [4.69, 9.17) is 20.2 Å². The Morgan fingerprint density at radius 2 is 1.87 bits per heavy atom. The number of pyridine rings is 2. The van der Waals surface area contributed by atoms with E-state index in [9.17, 15) is 0 Å². The van der Waals surface area contributed by atoms with Gasteiger partial charge in [0, 0.05) is 69.0 Å². The zero-order chi connectivity index (χ0) is 26.4. The lowest BCUT2D eigenvalue weighted by atomic mass is 10.1. The molecule has 39 heavy (non-hydrogen) atoms. The van der Waals surface area contributed by atoms with Crippen molar-refractivity contribution in [1.82, 2.24) is 30.2 Å². The molecule has 3 aromatic heterocycles. The number of nitrogen functional groups attached to an aromatic ring is 1. The van der Waals surface area contributed by atoms with Crippen molar-refractivity contribution in [2.45, 2.75) is 0 Å². The maximum atomic E-state index is 6.37. The topological polar surface area (TPSA) is 127 Å². The van der Waals surface area contributed by atoms with Crippen molar-refractivity contribution in [3.8, 4) is 17.0 Å². The van der Waals surface area contributed by atoms with Gasteiger partial charge >= 0.3 is 0 Å².